The summed E-state index contributed by atoms with van der Waals surface area (Å²) in [6.45, 7) is 3.79. The molecule has 1 aliphatic heterocycles. The van der Waals surface area contributed by atoms with Crippen LogP contribution in [0.4, 0.5) is 10.1 Å². The number of aromatic nitrogens is 4. The Kier molecular flexibility index (Phi) is 4.84. The molecule has 1 saturated heterocycles. The van der Waals surface area contributed by atoms with Gasteiger partial charge in [-0.05, 0) is 42.4 Å². The Morgan fingerprint density at radius 3 is 2.92 bits per heavy atom. The highest BCUT2D eigenvalue weighted by Crippen LogP contribution is 2.26. The predicted octanol–water partition coefficient (Wildman–Crippen LogP) is 1.46. The molecular weight excluding hydrogens is 311 g/mol. The lowest BCUT2D eigenvalue weighted by molar-refractivity contribution is -0.121. The standard InChI is InChI=1S/C16H21FN6O/c1-3-9-23-15(18-19-20-23)11-21(2)14-8-10-22(16(14)24)13-7-5-4-6-12(13)17/h4-7,14H,3,8-11H2,1-2H3/t14-/m1/s1. The normalized spacial score (nSPS) is 17.9. The summed E-state index contributed by atoms with van der Waals surface area (Å²) in [5, 5.41) is 11.7. The monoisotopic (exact) mass is 332 g/mol. The Labute approximate surface area is 140 Å². The maximum absolute atomic E-state index is 13.9. The van der Waals surface area contributed by atoms with Gasteiger partial charge >= 0.3 is 0 Å². The molecule has 2 aromatic rings. The number of hydrogen-bond acceptors (Lipinski definition) is 5. The van der Waals surface area contributed by atoms with Gasteiger partial charge in [0.05, 0.1) is 18.3 Å². The zero-order valence-electron chi connectivity index (χ0n) is 13.9. The van der Waals surface area contributed by atoms with Crippen LogP contribution >= 0.6 is 0 Å². The van der Waals surface area contributed by atoms with E-state index in [1.54, 1.807) is 22.9 Å². The molecule has 1 fully saturated rings. The highest BCUT2D eigenvalue weighted by molar-refractivity contribution is 5.99. The Morgan fingerprint density at radius 2 is 2.17 bits per heavy atom. The van der Waals surface area contributed by atoms with Crippen molar-refractivity contribution in [2.24, 2.45) is 0 Å². The van der Waals surface area contributed by atoms with E-state index < -0.39 is 0 Å². The minimum absolute atomic E-state index is 0.0860. The molecule has 1 aromatic carbocycles. The summed E-state index contributed by atoms with van der Waals surface area (Å²) < 4.78 is 15.7. The Balaban J connectivity index is 1.71. The van der Waals surface area contributed by atoms with Crippen LogP contribution in [-0.2, 0) is 17.9 Å². The number of anilines is 1. The number of benzene rings is 1. The molecule has 1 aromatic heterocycles. The number of hydrogen-bond donors (Lipinski definition) is 0. The lowest BCUT2D eigenvalue weighted by Crippen LogP contribution is -2.40. The van der Waals surface area contributed by atoms with Gasteiger partial charge < -0.3 is 4.90 Å². The topological polar surface area (TPSA) is 67.2 Å². The molecule has 0 aliphatic carbocycles. The molecule has 24 heavy (non-hydrogen) atoms. The number of carbonyl (C=O) groups is 1. The lowest BCUT2D eigenvalue weighted by atomic mass is 10.2. The Bertz CT molecular complexity index is 718. The maximum Gasteiger partial charge on any atom is 0.244 e. The second-order valence-electron chi connectivity index (χ2n) is 5.98. The lowest BCUT2D eigenvalue weighted by Gasteiger charge is -2.23. The first kappa shape index (κ1) is 16.5. The summed E-state index contributed by atoms with van der Waals surface area (Å²) in [6, 6.07) is 6.07. The van der Waals surface area contributed by atoms with Crippen molar-refractivity contribution >= 4 is 11.6 Å². The molecule has 128 valence electrons. The summed E-state index contributed by atoms with van der Waals surface area (Å²) in [5.74, 6) is 0.273. The number of amides is 1. The van der Waals surface area contributed by atoms with E-state index in [1.165, 1.54) is 11.0 Å². The number of aryl methyl sites for hydroxylation is 1. The molecule has 0 radical (unpaired) electrons. The summed E-state index contributed by atoms with van der Waals surface area (Å²) in [7, 11) is 1.87. The van der Waals surface area contributed by atoms with Gasteiger partial charge in [0.1, 0.15) is 5.82 Å². The van der Waals surface area contributed by atoms with E-state index >= 15 is 0 Å². The van der Waals surface area contributed by atoms with Gasteiger partial charge in [-0.15, -0.1) is 5.10 Å². The van der Waals surface area contributed by atoms with Crippen LogP contribution in [-0.4, -0.2) is 50.6 Å². The van der Waals surface area contributed by atoms with Crippen molar-refractivity contribution in [1.82, 2.24) is 25.1 Å². The van der Waals surface area contributed by atoms with Crippen LogP contribution in [0.2, 0.25) is 0 Å². The van der Waals surface area contributed by atoms with Gasteiger partial charge in [0.2, 0.25) is 5.91 Å². The highest BCUT2D eigenvalue weighted by atomic mass is 19.1. The first-order valence-electron chi connectivity index (χ1n) is 8.13. The molecule has 7 nitrogen and oxygen atoms in total. The van der Waals surface area contributed by atoms with Crippen molar-refractivity contribution in [3.8, 4) is 0 Å². The van der Waals surface area contributed by atoms with Crippen LogP contribution in [0, 0.1) is 5.82 Å². The third-order valence-corrected chi connectivity index (χ3v) is 4.28. The molecule has 1 atom stereocenters. The number of likely N-dealkylation sites (N-methyl/N-ethyl adjacent to an activating group) is 1. The van der Waals surface area contributed by atoms with Crippen LogP contribution < -0.4 is 4.90 Å². The van der Waals surface area contributed by atoms with Gasteiger partial charge in [0.25, 0.3) is 0 Å². The molecule has 0 spiro atoms. The van der Waals surface area contributed by atoms with Crippen LogP contribution in [0.15, 0.2) is 24.3 Å². The number of para-hydroxylation sites is 1. The van der Waals surface area contributed by atoms with Crippen molar-refractivity contribution < 1.29 is 9.18 Å². The second-order valence-corrected chi connectivity index (χ2v) is 5.98. The van der Waals surface area contributed by atoms with Crippen LogP contribution in [0.5, 0.6) is 0 Å². The van der Waals surface area contributed by atoms with E-state index in [2.05, 4.69) is 22.4 Å². The maximum atomic E-state index is 13.9. The molecule has 2 heterocycles. The number of tetrazole rings is 1. The van der Waals surface area contributed by atoms with Gasteiger partial charge in [-0.25, -0.2) is 9.07 Å². The van der Waals surface area contributed by atoms with E-state index in [0.29, 0.717) is 25.2 Å². The number of rotatable bonds is 6. The zero-order chi connectivity index (χ0) is 17.1. The molecule has 0 N–H and O–H groups in total. The number of nitrogens with zero attached hydrogens (tertiary/aromatic N) is 6. The minimum atomic E-state index is -0.374. The Hall–Kier alpha value is -2.35. The fraction of sp³-hybridized carbons (Fsp3) is 0.500. The summed E-state index contributed by atoms with van der Waals surface area (Å²) in [6.07, 6.45) is 1.59. The quantitative estimate of drug-likeness (QED) is 0.801. The summed E-state index contributed by atoms with van der Waals surface area (Å²) in [4.78, 5) is 16.1. The fourth-order valence-electron chi connectivity index (χ4n) is 3.04. The first-order valence-corrected chi connectivity index (χ1v) is 8.13. The van der Waals surface area contributed by atoms with Gasteiger partial charge in [0, 0.05) is 13.1 Å². The van der Waals surface area contributed by atoms with E-state index in [4.69, 9.17) is 0 Å². The average molecular weight is 332 g/mol. The minimum Gasteiger partial charge on any atom is -0.308 e. The van der Waals surface area contributed by atoms with Gasteiger partial charge in [-0.3, -0.25) is 9.69 Å². The van der Waals surface area contributed by atoms with Gasteiger partial charge in [-0.2, -0.15) is 0 Å². The zero-order valence-corrected chi connectivity index (χ0v) is 13.9. The Morgan fingerprint density at radius 1 is 1.38 bits per heavy atom. The second kappa shape index (κ2) is 7.04. The molecule has 1 aliphatic rings. The van der Waals surface area contributed by atoms with Crippen molar-refractivity contribution in [2.45, 2.75) is 38.9 Å². The largest absolute Gasteiger partial charge is 0.308 e. The summed E-state index contributed by atoms with van der Waals surface area (Å²) >= 11 is 0. The van der Waals surface area contributed by atoms with Crippen LogP contribution in [0.1, 0.15) is 25.6 Å². The molecule has 0 saturated carbocycles. The molecular formula is C16H21FN6O. The molecule has 0 unspecified atom stereocenters. The number of carbonyl (C=O) groups excluding carboxylic acids is 1. The number of halogens is 1. The average Bonchev–Trinajstić information content (AvgIpc) is 3.15. The van der Waals surface area contributed by atoms with Crippen LogP contribution in [0.25, 0.3) is 0 Å². The molecule has 8 heteroatoms. The van der Waals surface area contributed by atoms with Crippen molar-refractivity contribution in [3.63, 3.8) is 0 Å². The van der Waals surface area contributed by atoms with Gasteiger partial charge in [-0.1, -0.05) is 19.1 Å². The highest BCUT2D eigenvalue weighted by Gasteiger charge is 2.36. The van der Waals surface area contributed by atoms with Crippen LogP contribution in [0.3, 0.4) is 0 Å². The predicted molar refractivity (Wildman–Crippen MR) is 86.7 cm³/mol. The van der Waals surface area contributed by atoms with Crippen molar-refractivity contribution in [3.05, 3.63) is 35.9 Å². The third kappa shape index (κ3) is 3.14. The summed E-state index contributed by atoms with van der Waals surface area (Å²) in [5.41, 5.74) is 0.342. The molecule has 1 amide bonds. The fourth-order valence-corrected chi connectivity index (χ4v) is 3.04. The van der Waals surface area contributed by atoms with Gasteiger partial charge in [0.15, 0.2) is 5.82 Å². The first-order chi connectivity index (χ1) is 11.6. The molecule has 3 rings (SSSR count). The third-order valence-electron chi connectivity index (χ3n) is 4.28. The van der Waals surface area contributed by atoms with E-state index in [9.17, 15) is 9.18 Å². The SMILES string of the molecule is CCCn1nnnc1CN(C)[C@@H]1CCN(c2ccccc2F)C1=O. The van der Waals surface area contributed by atoms with E-state index in [0.717, 1.165) is 18.8 Å². The van der Waals surface area contributed by atoms with Crippen molar-refractivity contribution in [2.75, 3.05) is 18.5 Å². The van der Waals surface area contributed by atoms with E-state index in [-0.39, 0.29) is 17.8 Å². The molecule has 0 bridgehead atoms. The smallest absolute Gasteiger partial charge is 0.244 e. The van der Waals surface area contributed by atoms with E-state index in [1.807, 2.05) is 11.9 Å². The van der Waals surface area contributed by atoms with Crippen molar-refractivity contribution in [1.29, 1.82) is 0 Å².